The lowest BCUT2D eigenvalue weighted by Gasteiger charge is -2.04. The second-order valence-corrected chi connectivity index (χ2v) is 3.18. The smallest absolute Gasteiger partial charge is 0.320 e. The Labute approximate surface area is 99.7 Å². The minimum Gasteiger partial charge on any atom is -0.480 e. The minimum absolute atomic E-state index is 0.385. The molecule has 0 aliphatic heterocycles. The van der Waals surface area contributed by atoms with E-state index in [1.165, 1.54) is 0 Å². The highest BCUT2D eigenvalue weighted by Crippen LogP contribution is 2.01. The predicted octanol–water partition coefficient (Wildman–Crippen LogP) is 1.96. The second-order valence-electron chi connectivity index (χ2n) is 3.18. The molecule has 0 saturated carbocycles. The number of hydrogen-bond acceptors (Lipinski definition) is 3. The van der Waals surface area contributed by atoms with Crippen LogP contribution in [0.2, 0.25) is 0 Å². The number of hydrogen-bond donors (Lipinski definition) is 2. The molecule has 17 heavy (non-hydrogen) atoms. The van der Waals surface area contributed by atoms with Crippen molar-refractivity contribution in [2.45, 2.75) is 19.4 Å². The molecule has 1 atom stereocenters. The molecule has 0 amide bonds. The Bertz CT molecular complexity index is 374. The van der Waals surface area contributed by atoms with Crippen LogP contribution in [-0.4, -0.2) is 23.7 Å². The number of nitrogens with two attached hydrogens (primary N) is 1. The molecule has 1 aromatic carbocycles. The third-order valence-electron chi connectivity index (χ3n) is 1.82. The van der Waals surface area contributed by atoms with Gasteiger partial charge in [0.2, 0.25) is 0 Å². The van der Waals surface area contributed by atoms with Gasteiger partial charge in [0.05, 0.1) is 0 Å². The van der Waals surface area contributed by atoms with Crippen molar-refractivity contribution in [3.8, 4) is 0 Å². The van der Waals surface area contributed by atoms with Crippen LogP contribution in [0.3, 0.4) is 0 Å². The highest BCUT2D eigenvalue weighted by molar-refractivity contribution is 5.73. The lowest BCUT2D eigenvalue weighted by atomic mass is 10.1. The third kappa shape index (κ3) is 7.84. The van der Waals surface area contributed by atoms with Crippen molar-refractivity contribution in [3.05, 3.63) is 46.3 Å². The Balaban J connectivity index is 0.000000437. The first-order valence-electron chi connectivity index (χ1n) is 5.15. The number of rotatable bonds is 4. The van der Waals surface area contributed by atoms with Crippen LogP contribution >= 0.6 is 0 Å². The van der Waals surface area contributed by atoms with E-state index in [-0.39, 0.29) is 0 Å². The average Bonchev–Trinajstić information content (AvgIpc) is 2.32. The predicted molar refractivity (Wildman–Crippen MR) is 65.4 cm³/mol. The summed E-state index contributed by atoms with van der Waals surface area (Å²) in [6.07, 6.45) is 0.385. The molecule has 1 rings (SSSR count). The summed E-state index contributed by atoms with van der Waals surface area (Å²) in [7, 11) is 0. The molecule has 6 nitrogen and oxygen atoms in total. The largest absolute Gasteiger partial charge is 0.480 e. The van der Waals surface area contributed by atoms with Crippen molar-refractivity contribution >= 4 is 5.97 Å². The summed E-state index contributed by atoms with van der Waals surface area (Å²) < 4.78 is 0. The third-order valence-corrected chi connectivity index (χ3v) is 1.82. The number of carbonyl (C=O) groups is 1. The maximum absolute atomic E-state index is 10.4. The molecular weight excluding hydrogens is 220 g/mol. The van der Waals surface area contributed by atoms with E-state index in [2.05, 4.69) is 10.0 Å². The average molecular weight is 236 g/mol. The fourth-order valence-electron chi connectivity index (χ4n) is 1.02. The van der Waals surface area contributed by atoms with Crippen molar-refractivity contribution in [2.24, 2.45) is 10.8 Å². The molecule has 6 heteroatoms. The van der Waals surface area contributed by atoms with E-state index in [1.54, 1.807) is 6.92 Å². The number of carboxylic acids is 1. The Morgan fingerprint density at radius 2 is 2.12 bits per heavy atom. The molecule has 1 unspecified atom stereocenters. The first kappa shape index (κ1) is 15.0. The molecule has 0 spiro atoms. The monoisotopic (exact) mass is 236 g/mol. The van der Waals surface area contributed by atoms with Gasteiger partial charge in [-0.05, 0) is 17.5 Å². The highest BCUT2D eigenvalue weighted by atomic mass is 16.4. The standard InChI is InChI=1S/C9H11NO2.C2H5N3/c10-8(9(11)12)6-7-4-2-1-3-5-7;1-2-4-5-3/h1-5,8H,6,10H2,(H,11,12);2H2,1H3. The number of nitrogens with zero attached hydrogens (tertiary/aromatic N) is 3. The van der Waals surface area contributed by atoms with Crippen molar-refractivity contribution in [3.63, 3.8) is 0 Å². The molecule has 0 heterocycles. The van der Waals surface area contributed by atoms with Crippen molar-refractivity contribution in [1.82, 2.24) is 0 Å². The normalized spacial score (nSPS) is 10.5. The molecule has 1 aromatic rings. The maximum Gasteiger partial charge on any atom is 0.320 e. The van der Waals surface area contributed by atoms with Gasteiger partial charge in [-0.25, -0.2) is 0 Å². The Morgan fingerprint density at radius 3 is 2.47 bits per heavy atom. The van der Waals surface area contributed by atoms with Gasteiger partial charge >= 0.3 is 5.97 Å². The topological polar surface area (TPSA) is 112 Å². The fraction of sp³-hybridized carbons (Fsp3) is 0.364. The Hall–Kier alpha value is -2.04. The van der Waals surface area contributed by atoms with Crippen LogP contribution in [0.15, 0.2) is 35.4 Å². The quantitative estimate of drug-likeness (QED) is 0.473. The number of aliphatic carboxylic acids is 1. The first-order chi connectivity index (χ1) is 8.11. The molecule has 0 aliphatic rings. The Kier molecular flexibility index (Phi) is 8.10. The summed E-state index contributed by atoms with van der Waals surface area (Å²) in [5.74, 6) is -0.959. The van der Waals surface area contributed by atoms with Gasteiger partial charge in [0, 0.05) is 11.5 Å². The molecule has 3 N–H and O–H groups in total. The summed E-state index contributed by atoms with van der Waals surface area (Å²) in [6.45, 7) is 2.34. The van der Waals surface area contributed by atoms with E-state index in [9.17, 15) is 4.79 Å². The van der Waals surface area contributed by atoms with Gasteiger partial charge in [0.1, 0.15) is 6.04 Å². The van der Waals surface area contributed by atoms with Crippen LogP contribution in [0.4, 0.5) is 0 Å². The molecular formula is C11H16N4O2. The summed E-state index contributed by atoms with van der Waals surface area (Å²) in [6, 6.07) is 8.54. The van der Waals surface area contributed by atoms with Crippen LogP contribution in [-0.2, 0) is 11.2 Å². The van der Waals surface area contributed by atoms with Crippen LogP contribution in [0.1, 0.15) is 12.5 Å². The van der Waals surface area contributed by atoms with E-state index >= 15 is 0 Å². The maximum atomic E-state index is 10.4. The number of azide groups is 1. The molecule has 92 valence electrons. The van der Waals surface area contributed by atoms with E-state index in [0.29, 0.717) is 13.0 Å². The lowest BCUT2D eigenvalue weighted by Crippen LogP contribution is -2.32. The summed E-state index contributed by atoms with van der Waals surface area (Å²) in [5.41, 5.74) is 13.8. The zero-order valence-corrected chi connectivity index (χ0v) is 9.65. The number of carboxylic acid groups (broad SMARTS) is 1. The molecule has 0 fully saturated rings. The SMILES string of the molecule is CCN=[N+]=[N-].NC(Cc1ccccc1)C(=O)O. The Morgan fingerprint density at radius 1 is 1.53 bits per heavy atom. The van der Waals surface area contributed by atoms with Gasteiger partial charge in [0.25, 0.3) is 0 Å². The van der Waals surface area contributed by atoms with Crippen LogP contribution in [0.25, 0.3) is 10.4 Å². The molecule has 0 aromatic heterocycles. The fourth-order valence-corrected chi connectivity index (χ4v) is 1.02. The van der Waals surface area contributed by atoms with E-state index in [1.807, 2.05) is 30.3 Å². The highest BCUT2D eigenvalue weighted by Gasteiger charge is 2.10. The second kappa shape index (κ2) is 9.21. The summed E-state index contributed by atoms with van der Waals surface area (Å²) in [5, 5.41) is 11.7. The van der Waals surface area contributed by atoms with Gasteiger partial charge in [-0.15, -0.1) is 0 Å². The molecule has 0 bridgehead atoms. The van der Waals surface area contributed by atoms with Crippen molar-refractivity contribution in [1.29, 1.82) is 0 Å². The van der Waals surface area contributed by atoms with Crippen molar-refractivity contribution < 1.29 is 9.90 Å². The van der Waals surface area contributed by atoms with E-state index in [0.717, 1.165) is 5.56 Å². The van der Waals surface area contributed by atoms with E-state index in [4.69, 9.17) is 16.4 Å². The minimum atomic E-state index is -0.959. The van der Waals surface area contributed by atoms with Gasteiger partial charge in [-0.1, -0.05) is 42.4 Å². The van der Waals surface area contributed by atoms with Crippen molar-refractivity contribution in [2.75, 3.05) is 6.54 Å². The lowest BCUT2D eigenvalue weighted by molar-refractivity contribution is -0.138. The summed E-state index contributed by atoms with van der Waals surface area (Å²) >= 11 is 0. The summed E-state index contributed by atoms with van der Waals surface area (Å²) in [4.78, 5) is 12.9. The van der Waals surface area contributed by atoms with Crippen LogP contribution in [0.5, 0.6) is 0 Å². The zero-order chi connectivity index (χ0) is 13.1. The molecule has 0 radical (unpaired) electrons. The van der Waals surface area contributed by atoms with Crippen LogP contribution < -0.4 is 5.73 Å². The van der Waals surface area contributed by atoms with Gasteiger partial charge < -0.3 is 10.8 Å². The van der Waals surface area contributed by atoms with Gasteiger partial charge in [-0.2, -0.15) is 0 Å². The first-order valence-corrected chi connectivity index (χ1v) is 5.15. The zero-order valence-electron chi connectivity index (χ0n) is 9.65. The molecule has 0 saturated heterocycles. The van der Waals surface area contributed by atoms with E-state index < -0.39 is 12.0 Å². The number of benzene rings is 1. The van der Waals surface area contributed by atoms with Gasteiger partial charge in [-0.3, -0.25) is 4.79 Å². The van der Waals surface area contributed by atoms with Crippen LogP contribution in [0, 0.1) is 0 Å². The van der Waals surface area contributed by atoms with Gasteiger partial charge in [0.15, 0.2) is 0 Å². The molecule has 0 aliphatic carbocycles.